The highest BCUT2D eigenvalue weighted by Gasteiger charge is 2.41. The van der Waals surface area contributed by atoms with E-state index in [1.807, 2.05) is 0 Å². The van der Waals surface area contributed by atoms with Crippen molar-refractivity contribution in [3.8, 4) is 0 Å². The zero-order chi connectivity index (χ0) is 14.8. The quantitative estimate of drug-likeness (QED) is 0.873. The molecule has 1 atom stereocenters. The molecule has 0 bridgehead atoms. The molecule has 1 aliphatic heterocycles. The Balaban J connectivity index is 1.93. The number of carboxylic acid groups (broad SMARTS) is 1. The highest BCUT2D eigenvalue weighted by molar-refractivity contribution is 5.80. The number of carbonyl (C=O) groups is 2. The SMILES string of the molecule is C[C@@]1(C(=O)O)CCN(C(=O)CCn2ccccc2=O)C1. The molecule has 0 saturated carbocycles. The Hall–Kier alpha value is -2.11. The van der Waals surface area contributed by atoms with Crippen LogP contribution in [0.1, 0.15) is 19.8 Å². The second-order valence-electron chi connectivity index (χ2n) is 5.41. The van der Waals surface area contributed by atoms with E-state index >= 15 is 0 Å². The Labute approximate surface area is 116 Å². The van der Waals surface area contributed by atoms with Gasteiger partial charge >= 0.3 is 5.97 Å². The number of carbonyl (C=O) groups excluding carboxylic acids is 1. The minimum atomic E-state index is -0.868. The standard InChI is InChI=1S/C14H18N2O4/c1-14(13(19)20)6-9-16(10-14)12(18)5-8-15-7-3-2-4-11(15)17/h2-4,7H,5-6,8-10H2,1H3,(H,19,20)/t14-/m1/s1. The fourth-order valence-corrected chi connectivity index (χ4v) is 2.37. The average molecular weight is 278 g/mol. The Morgan fingerprint density at radius 2 is 2.15 bits per heavy atom. The molecule has 1 N–H and O–H groups in total. The number of likely N-dealkylation sites (tertiary alicyclic amines) is 1. The number of hydrogen-bond donors (Lipinski definition) is 1. The lowest BCUT2D eigenvalue weighted by atomic mass is 9.90. The molecule has 0 aromatic carbocycles. The normalized spacial score (nSPS) is 21.9. The summed E-state index contributed by atoms with van der Waals surface area (Å²) in [6.45, 7) is 2.68. The van der Waals surface area contributed by atoms with Crippen LogP contribution in [0.4, 0.5) is 0 Å². The van der Waals surface area contributed by atoms with Gasteiger partial charge in [-0.25, -0.2) is 0 Å². The van der Waals surface area contributed by atoms with E-state index in [1.165, 1.54) is 10.6 Å². The molecule has 0 spiro atoms. The molecule has 1 aromatic rings. The fourth-order valence-electron chi connectivity index (χ4n) is 2.37. The summed E-state index contributed by atoms with van der Waals surface area (Å²) >= 11 is 0. The van der Waals surface area contributed by atoms with Crippen molar-refractivity contribution in [2.45, 2.75) is 26.3 Å². The van der Waals surface area contributed by atoms with Crippen LogP contribution < -0.4 is 5.56 Å². The third-order valence-electron chi connectivity index (χ3n) is 3.81. The van der Waals surface area contributed by atoms with Crippen LogP contribution in [0.15, 0.2) is 29.2 Å². The minimum Gasteiger partial charge on any atom is -0.481 e. The highest BCUT2D eigenvalue weighted by atomic mass is 16.4. The van der Waals surface area contributed by atoms with E-state index in [1.54, 1.807) is 30.2 Å². The van der Waals surface area contributed by atoms with Gasteiger partial charge in [0.1, 0.15) is 0 Å². The van der Waals surface area contributed by atoms with Gasteiger partial charge in [0.2, 0.25) is 5.91 Å². The second kappa shape index (κ2) is 5.48. The predicted octanol–water partition coefficient (Wildman–Crippen LogP) is 0.562. The molecule has 2 rings (SSSR count). The summed E-state index contributed by atoms with van der Waals surface area (Å²) < 4.78 is 1.48. The number of nitrogens with zero attached hydrogens (tertiary/aromatic N) is 2. The predicted molar refractivity (Wildman–Crippen MR) is 72.3 cm³/mol. The van der Waals surface area contributed by atoms with E-state index in [2.05, 4.69) is 0 Å². The zero-order valence-corrected chi connectivity index (χ0v) is 11.4. The zero-order valence-electron chi connectivity index (χ0n) is 11.4. The van der Waals surface area contributed by atoms with Crippen LogP contribution in [0.25, 0.3) is 0 Å². The van der Waals surface area contributed by atoms with Gasteiger partial charge in [0.15, 0.2) is 0 Å². The molecule has 6 nitrogen and oxygen atoms in total. The number of amides is 1. The maximum absolute atomic E-state index is 12.1. The number of pyridine rings is 1. The van der Waals surface area contributed by atoms with Crippen molar-refractivity contribution in [1.29, 1.82) is 0 Å². The number of rotatable bonds is 4. The molecular formula is C14H18N2O4. The van der Waals surface area contributed by atoms with Crippen molar-refractivity contribution < 1.29 is 14.7 Å². The maximum atomic E-state index is 12.1. The first-order chi connectivity index (χ1) is 9.42. The molecule has 1 aromatic heterocycles. The first-order valence-corrected chi connectivity index (χ1v) is 6.59. The minimum absolute atomic E-state index is 0.106. The lowest BCUT2D eigenvalue weighted by Crippen LogP contribution is -2.35. The smallest absolute Gasteiger partial charge is 0.311 e. The van der Waals surface area contributed by atoms with E-state index in [9.17, 15) is 14.4 Å². The summed E-state index contributed by atoms with van der Waals surface area (Å²) in [4.78, 5) is 36.3. The van der Waals surface area contributed by atoms with Crippen molar-refractivity contribution >= 4 is 11.9 Å². The average Bonchev–Trinajstić information content (AvgIpc) is 2.82. The number of aromatic nitrogens is 1. The van der Waals surface area contributed by atoms with E-state index in [0.29, 0.717) is 19.5 Å². The number of aliphatic carboxylic acids is 1. The van der Waals surface area contributed by atoms with Crippen molar-refractivity contribution in [1.82, 2.24) is 9.47 Å². The van der Waals surface area contributed by atoms with Crippen molar-refractivity contribution in [3.63, 3.8) is 0 Å². The van der Waals surface area contributed by atoms with Gasteiger partial charge in [0, 0.05) is 38.3 Å². The summed E-state index contributed by atoms with van der Waals surface area (Å²) in [5.41, 5.74) is -0.990. The molecule has 1 fully saturated rings. The summed E-state index contributed by atoms with van der Waals surface area (Å²) in [7, 11) is 0. The van der Waals surface area contributed by atoms with Gasteiger partial charge in [-0.1, -0.05) is 6.07 Å². The van der Waals surface area contributed by atoms with Crippen LogP contribution in [0, 0.1) is 5.41 Å². The molecule has 2 heterocycles. The molecule has 20 heavy (non-hydrogen) atoms. The van der Waals surface area contributed by atoms with E-state index in [-0.39, 0.29) is 24.4 Å². The summed E-state index contributed by atoms with van der Waals surface area (Å²) in [6, 6.07) is 4.84. The van der Waals surface area contributed by atoms with Crippen molar-refractivity contribution in [2.75, 3.05) is 13.1 Å². The first kappa shape index (κ1) is 14.3. The largest absolute Gasteiger partial charge is 0.481 e. The Kier molecular flexibility index (Phi) is 3.92. The Bertz CT molecular complexity index is 581. The number of aryl methyl sites for hydroxylation is 1. The first-order valence-electron chi connectivity index (χ1n) is 6.59. The molecule has 1 aliphatic rings. The Morgan fingerprint density at radius 1 is 1.40 bits per heavy atom. The lowest BCUT2D eigenvalue weighted by molar-refractivity contribution is -0.147. The third-order valence-corrected chi connectivity index (χ3v) is 3.81. The summed E-state index contributed by atoms with van der Waals surface area (Å²) in [5, 5.41) is 9.13. The lowest BCUT2D eigenvalue weighted by Gasteiger charge is -2.20. The van der Waals surface area contributed by atoms with Crippen molar-refractivity contribution in [3.05, 3.63) is 34.7 Å². The fraction of sp³-hybridized carbons (Fsp3) is 0.500. The molecular weight excluding hydrogens is 260 g/mol. The second-order valence-corrected chi connectivity index (χ2v) is 5.41. The summed E-state index contributed by atoms with van der Waals surface area (Å²) in [5.74, 6) is -0.974. The van der Waals surface area contributed by atoms with Crippen LogP contribution in [0.3, 0.4) is 0 Å². The van der Waals surface area contributed by atoms with Gasteiger partial charge in [-0.3, -0.25) is 14.4 Å². The van der Waals surface area contributed by atoms with Gasteiger partial charge in [-0.05, 0) is 19.4 Å². The van der Waals surface area contributed by atoms with E-state index in [0.717, 1.165) is 0 Å². The van der Waals surface area contributed by atoms with Gasteiger partial charge < -0.3 is 14.6 Å². The molecule has 108 valence electrons. The monoisotopic (exact) mass is 278 g/mol. The van der Waals surface area contributed by atoms with Gasteiger partial charge in [0.05, 0.1) is 5.41 Å². The third kappa shape index (κ3) is 2.89. The Morgan fingerprint density at radius 3 is 2.75 bits per heavy atom. The maximum Gasteiger partial charge on any atom is 0.311 e. The van der Waals surface area contributed by atoms with Crippen molar-refractivity contribution in [2.24, 2.45) is 5.41 Å². The highest BCUT2D eigenvalue weighted by Crippen LogP contribution is 2.30. The molecule has 0 radical (unpaired) electrons. The van der Waals surface area contributed by atoms with E-state index in [4.69, 9.17) is 5.11 Å². The summed E-state index contributed by atoms with van der Waals surface area (Å²) in [6.07, 6.45) is 2.32. The van der Waals surface area contributed by atoms with Crippen LogP contribution in [-0.4, -0.2) is 39.5 Å². The number of carboxylic acids is 1. The van der Waals surface area contributed by atoms with Crippen LogP contribution in [0.2, 0.25) is 0 Å². The molecule has 0 unspecified atom stereocenters. The van der Waals surface area contributed by atoms with Gasteiger partial charge in [0.25, 0.3) is 5.56 Å². The van der Waals surface area contributed by atoms with Gasteiger partial charge in [-0.2, -0.15) is 0 Å². The van der Waals surface area contributed by atoms with Crippen LogP contribution in [-0.2, 0) is 16.1 Å². The van der Waals surface area contributed by atoms with E-state index < -0.39 is 11.4 Å². The molecule has 6 heteroatoms. The van der Waals surface area contributed by atoms with Crippen LogP contribution in [0.5, 0.6) is 0 Å². The molecule has 1 amide bonds. The molecule has 1 saturated heterocycles. The number of hydrogen-bond acceptors (Lipinski definition) is 3. The molecule has 0 aliphatic carbocycles. The topological polar surface area (TPSA) is 79.6 Å². The van der Waals surface area contributed by atoms with Gasteiger partial charge in [-0.15, -0.1) is 0 Å². The van der Waals surface area contributed by atoms with Crippen LogP contribution >= 0.6 is 0 Å².